The van der Waals surface area contributed by atoms with Crippen LogP contribution in [0.4, 0.5) is 0 Å². The number of carbonyl (C=O) groups is 3. The molecule has 0 amide bonds. The van der Waals surface area contributed by atoms with Crippen LogP contribution in [0, 0.1) is 59.2 Å². The van der Waals surface area contributed by atoms with Gasteiger partial charge < -0.3 is 39.7 Å². The normalized spacial score (nSPS) is 45.1. The van der Waals surface area contributed by atoms with Crippen LogP contribution in [0.25, 0.3) is 0 Å². The van der Waals surface area contributed by atoms with Gasteiger partial charge in [0.25, 0.3) is 0 Å². The molecule has 320 valence electrons. The second-order valence-corrected chi connectivity index (χ2v) is 17.8. The zero-order valence-electron chi connectivity index (χ0n) is 35.8. The van der Waals surface area contributed by atoms with Crippen LogP contribution < -0.4 is 0 Å². The van der Waals surface area contributed by atoms with Crippen LogP contribution in [0.2, 0.25) is 0 Å². The van der Waals surface area contributed by atoms with Crippen LogP contribution in [0.3, 0.4) is 0 Å². The van der Waals surface area contributed by atoms with Gasteiger partial charge in [-0.25, -0.2) is 4.79 Å². The van der Waals surface area contributed by atoms with Crippen molar-refractivity contribution in [2.75, 3.05) is 0 Å². The minimum Gasteiger partial charge on any atom is -0.458 e. The van der Waals surface area contributed by atoms with Crippen LogP contribution in [0.15, 0.2) is 36.5 Å². The van der Waals surface area contributed by atoms with Crippen molar-refractivity contribution in [3.63, 3.8) is 0 Å². The standard InChI is InChI=1S/C45H74O11/c1-12-34-17-15-13-14-16-25(3)39(49)29(7)41(51)31(9)43(53)32(10)42(52)30(8)40(50)26(4)18-19-38(48)54-44-28(6)37(23-35(34)47)56-45(33(44)11)21-20-24(2)36(55-45)22-27(5)46/h13-15,17-19,24-37,39-40,43-44,46-47,49-50,53H,12,16,20-23H2,1-11H3/t24-,25+,26-,27+,28+,29-,30-,31+,32-,33-,34-,35+,36-,37-,39-,40+,43-,44+,45+/m0/s1. The van der Waals surface area contributed by atoms with Gasteiger partial charge in [-0.3, -0.25) is 9.59 Å². The summed E-state index contributed by atoms with van der Waals surface area (Å²) in [6.45, 7) is 19.6. The second kappa shape index (κ2) is 21.1. The van der Waals surface area contributed by atoms with Gasteiger partial charge in [-0.15, -0.1) is 0 Å². The highest BCUT2D eigenvalue weighted by molar-refractivity contribution is 5.87. The van der Waals surface area contributed by atoms with Crippen molar-refractivity contribution >= 4 is 17.5 Å². The first-order chi connectivity index (χ1) is 26.2. The number of aliphatic hydroxyl groups excluding tert-OH is 5. The number of aliphatic hydroxyl groups is 5. The van der Waals surface area contributed by atoms with Gasteiger partial charge in [0.15, 0.2) is 5.79 Å². The number of hydrogen-bond acceptors (Lipinski definition) is 11. The van der Waals surface area contributed by atoms with E-state index < -0.39 is 95.8 Å². The van der Waals surface area contributed by atoms with E-state index in [0.717, 1.165) is 6.42 Å². The van der Waals surface area contributed by atoms with Gasteiger partial charge in [0.2, 0.25) is 0 Å². The summed E-state index contributed by atoms with van der Waals surface area (Å²) in [5.41, 5.74) is 0. The van der Waals surface area contributed by atoms with Crippen molar-refractivity contribution in [3.05, 3.63) is 36.5 Å². The molecule has 56 heavy (non-hydrogen) atoms. The molecule has 2 bridgehead atoms. The molecule has 11 heteroatoms. The molecule has 19 atom stereocenters. The summed E-state index contributed by atoms with van der Waals surface area (Å²) in [6.07, 6.45) is 7.23. The molecule has 1 spiro atoms. The molecule has 0 aromatic carbocycles. The summed E-state index contributed by atoms with van der Waals surface area (Å²) in [5, 5.41) is 55.4. The van der Waals surface area contributed by atoms with Crippen molar-refractivity contribution < 1.29 is 54.1 Å². The monoisotopic (exact) mass is 791 g/mol. The van der Waals surface area contributed by atoms with Gasteiger partial charge in [-0.2, -0.15) is 0 Å². The average Bonchev–Trinajstić information content (AvgIpc) is 3.16. The third kappa shape index (κ3) is 11.7. The molecule has 0 aromatic rings. The lowest BCUT2D eigenvalue weighted by Gasteiger charge is -2.55. The molecule has 2 saturated heterocycles. The Morgan fingerprint density at radius 2 is 1.38 bits per heavy atom. The van der Waals surface area contributed by atoms with E-state index in [2.05, 4.69) is 6.92 Å². The summed E-state index contributed by atoms with van der Waals surface area (Å²) < 4.78 is 19.8. The Morgan fingerprint density at radius 1 is 0.786 bits per heavy atom. The Labute approximate surface area is 336 Å². The molecule has 0 radical (unpaired) electrons. The van der Waals surface area contributed by atoms with Gasteiger partial charge in [-0.05, 0) is 44.4 Å². The Morgan fingerprint density at radius 3 is 1.96 bits per heavy atom. The molecule has 2 fully saturated rings. The highest BCUT2D eigenvalue weighted by atomic mass is 16.7. The molecule has 3 heterocycles. The summed E-state index contributed by atoms with van der Waals surface area (Å²) in [4.78, 5) is 40.5. The molecule has 0 aliphatic carbocycles. The number of ether oxygens (including phenoxy) is 3. The van der Waals surface area contributed by atoms with Crippen molar-refractivity contribution in [2.24, 2.45) is 59.2 Å². The Bertz CT molecular complexity index is 1380. The number of fused-ring (bicyclic) bond motifs is 2. The van der Waals surface area contributed by atoms with Gasteiger partial charge in [0.05, 0.1) is 42.7 Å². The first-order valence-electron chi connectivity index (χ1n) is 21.2. The second-order valence-electron chi connectivity index (χ2n) is 17.8. The average molecular weight is 791 g/mol. The van der Waals surface area contributed by atoms with E-state index in [1.807, 2.05) is 52.0 Å². The maximum atomic E-state index is 13.5. The lowest BCUT2D eigenvalue weighted by atomic mass is 9.74. The molecule has 3 rings (SSSR count). The van der Waals surface area contributed by atoms with Gasteiger partial charge in [0, 0.05) is 66.3 Å². The fourth-order valence-corrected chi connectivity index (χ4v) is 9.01. The molecule has 11 nitrogen and oxygen atoms in total. The highest BCUT2D eigenvalue weighted by Crippen LogP contribution is 2.49. The number of carbonyl (C=O) groups excluding carboxylic acids is 3. The SMILES string of the molecule is CC[C@H]1C=CC=CC[C@@H](C)[C@H](O)[C@H](C)C(=O)[C@@H](C)[C@H](O)[C@@H](C)C(=O)[C@@H](C)[C@H](O)[C@@H](C)C=CC(=O)O[C@@H]2[C@H](C)[C@H](C[C@H]1O)O[C@]1(CC[C@H](C)[C@H](C[C@@H](C)O)O1)[C@H]2C. The molecule has 0 unspecified atom stereocenters. The first kappa shape index (κ1) is 48.1. The zero-order chi connectivity index (χ0) is 42.2. The largest absolute Gasteiger partial charge is 0.458 e. The fraction of sp³-hybridized carbons (Fsp3) is 0.800. The summed E-state index contributed by atoms with van der Waals surface area (Å²) in [7, 11) is 0. The highest BCUT2D eigenvalue weighted by Gasteiger charge is 2.56. The minimum atomic E-state index is -1.32. The molecule has 0 saturated carbocycles. The number of hydrogen-bond donors (Lipinski definition) is 5. The lowest BCUT2D eigenvalue weighted by Crippen LogP contribution is -2.62. The number of ketones is 2. The third-order valence-electron chi connectivity index (χ3n) is 13.5. The molecule has 0 aromatic heterocycles. The summed E-state index contributed by atoms with van der Waals surface area (Å²) >= 11 is 0. The van der Waals surface area contributed by atoms with E-state index in [0.29, 0.717) is 25.7 Å². The Kier molecular flexibility index (Phi) is 18.2. The fourth-order valence-electron chi connectivity index (χ4n) is 9.01. The topological polar surface area (TPSA) is 180 Å². The Balaban J connectivity index is 2.00. The molecular formula is C45H74O11. The first-order valence-corrected chi connectivity index (χ1v) is 21.2. The molecule has 3 aliphatic rings. The molecule has 3 aliphatic heterocycles. The number of Topliss-reactive ketones (excluding diaryl/α,β-unsaturated/α-hetero) is 2. The van der Waals surface area contributed by atoms with E-state index in [1.54, 1.807) is 34.6 Å². The molecular weight excluding hydrogens is 716 g/mol. The van der Waals surface area contributed by atoms with Crippen LogP contribution in [-0.4, -0.2) is 97.7 Å². The van der Waals surface area contributed by atoms with Crippen LogP contribution in [0.1, 0.15) is 115 Å². The van der Waals surface area contributed by atoms with Crippen LogP contribution in [0.5, 0.6) is 0 Å². The molecule has 5 N–H and O–H groups in total. The van der Waals surface area contributed by atoms with Crippen molar-refractivity contribution in [3.8, 4) is 0 Å². The van der Waals surface area contributed by atoms with Crippen LogP contribution >= 0.6 is 0 Å². The van der Waals surface area contributed by atoms with E-state index in [4.69, 9.17) is 14.2 Å². The maximum Gasteiger partial charge on any atom is 0.330 e. The van der Waals surface area contributed by atoms with Crippen LogP contribution in [-0.2, 0) is 28.6 Å². The van der Waals surface area contributed by atoms with Gasteiger partial charge in [-0.1, -0.05) is 99.6 Å². The zero-order valence-corrected chi connectivity index (χ0v) is 35.8. The van der Waals surface area contributed by atoms with Crippen molar-refractivity contribution in [2.45, 2.75) is 169 Å². The van der Waals surface area contributed by atoms with Crippen molar-refractivity contribution in [1.82, 2.24) is 0 Å². The number of rotatable bonds is 3. The van der Waals surface area contributed by atoms with E-state index >= 15 is 0 Å². The third-order valence-corrected chi connectivity index (χ3v) is 13.5. The minimum absolute atomic E-state index is 0.179. The maximum absolute atomic E-state index is 13.5. The van der Waals surface area contributed by atoms with Gasteiger partial charge >= 0.3 is 5.97 Å². The number of allylic oxidation sites excluding steroid dienone is 3. The number of esters is 1. The van der Waals surface area contributed by atoms with Gasteiger partial charge in [0.1, 0.15) is 17.7 Å². The van der Waals surface area contributed by atoms with E-state index in [-0.39, 0.29) is 42.0 Å². The Hall–Kier alpha value is -2.25. The summed E-state index contributed by atoms with van der Waals surface area (Å²) in [5.74, 6) is -7.77. The quantitative estimate of drug-likeness (QED) is 0.220. The van der Waals surface area contributed by atoms with E-state index in [1.165, 1.54) is 19.1 Å². The lowest BCUT2D eigenvalue weighted by molar-refractivity contribution is -0.372. The predicted molar refractivity (Wildman–Crippen MR) is 215 cm³/mol. The summed E-state index contributed by atoms with van der Waals surface area (Å²) in [6, 6.07) is 0. The van der Waals surface area contributed by atoms with E-state index in [9.17, 15) is 39.9 Å². The van der Waals surface area contributed by atoms with Crippen molar-refractivity contribution in [1.29, 1.82) is 0 Å². The predicted octanol–water partition coefficient (Wildman–Crippen LogP) is 5.74. The smallest absolute Gasteiger partial charge is 0.330 e.